The van der Waals surface area contributed by atoms with Crippen LogP contribution in [-0.4, -0.2) is 39.8 Å². The highest BCUT2D eigenvalue weighted by Crippen LogP contribution is 2.15. The SMILES string of the molecule is CCOC1CN(C(=O)CCc2ccccc2)Cc2ccnn2C1. The van der Waals surface area contributed by atoms with Crippen LogP contribution in [0.25, 0.3) is 0 Å². The summed E-state index contributed by atoms with van der Waals surface area (Å²) in [5, 5.41) is 4.34. The molecule has 5 heteroatoms. The van der Waals surface area contributed by atoms with Crippen LogP contribution in [0.5, 0.6) is 0 Å². The molecule has 1 amide bonds. The summed E-state index contributed by atoms with van der Waals surface area (Å²) in [6, 6.07) is 12.1. The molecule has 0 radical (unpaired) electrons. The van der Waals surface area contributed by atoms with Crippen molar-refractivity contribution in [1.29, 1.82) is 0 Å². The van der Waals surface area contributed by atoms with E-state index in [0.29, 0.717) is 32.7 Å². The maximum atomic E-state index is 12.6. The van der Waals surface area contributed by atoms with Gasteiger partial charge in [-0.05, 0) is 25.0 Å². The van der Waals surface area contributed by atoms with Crippen molar-refractivity contribution in [2.45, 2.75) is 39.0 Å². The minimum atomic E-state index is 0.00169. The van der Waals surface area contributed by atoms with E-state index in [-0.39, 0.29) is 12.0 Å². The van der Waals surface area contributed by atoms with E-state index in [1.54, 1.807) is 6.20 Å². The molecule has 1 aliphatic heterocycles. The minimum Gasteiger partial charge on any atom is -0.375 e. The summed E-state index contributed by atoms with van der Waals surface area (Å²) in [7, 11) is 0. The summed E-state index contributed by atoms with van der Waals surface area (Å²) in [6.45, 7) is 4.57. The van der Waals surface area contributed by atoms with E-state index in [0.717, 1.165) is 12.1 Å². The molecule has 0 saturated carbocycles. The van der Waals surface area contributed by atoms with Gasteiger partial charge in [-0.2, -0.15) is 5.10 Å². The van der Waals surface area contributed by atoms with Crippen molar-refractivity contribution in [2.24, 2.45) is 0 Å². The number of hydrogen-bond donors (Lipinski definition) is 0. The van der Waals surface area contributed by atoms with Gasteiger partial charge in [-0.15, -0.1) is 0 Å². The van der Waals surface area contributed by atoms with Crippen LogP contribution in [0.2, 0.25) is 0 Å². The van der Waals surface area contributed by atoms with Gasteiger partial charge in [-0.25, -0.2) is 0 Å². The maximum Gasteiger partial charge on any atom is 0.223 e. The van der Waals surface area contributed by atoms with E-state index in [2.05, 4.69) is 17.2 Å². The van der Waals surface area contributed by atoms with E-state index >= 15 is 0 Å². The molecule has 0 N–H and O–H groups in total. The predicted octanol–water partition coefficient (Wildman–Crippen LogP) is 2.26. The first-order valence-corrected chi connectivity index (χ1v) is 8.20. The van der Waals surface area contributed by atoms with Crippen molar-refractivity contribution in [3.8, 4) is 0 Å². The van der Waals surface area contributed by atoms with Crippen molar-refractivity contribution in [3.05, 3.63) is 53.9 Å². The van der Waals surface area contributed by atoms with Gasteiger partial charge in [0.05, 0.1) is 24.9 Å². The second-order valence-electron chi connectivity index (χ2n) is 5.84. The van der Waals surface area contributed by atoms with Crippen LogP contribution in [0.15, 0.2) is 42.6 Å². The number of fused-ring (bicyclic) bond motifs is 1. The average molecular weight is 313 g/mol. The Bertz CT molecular complexity index is 639. The molecule has 5 nitrogen and oxygen atoms in total. The Morgan fingerprint density at radius 2 is 2.09 bits per heavy atom. The molecule has 1 aliphatic rings. The lowest BCUT2D eigenvalue weighted by atomic mass is 10.1. The Morgan fingerprint density at radius 3 is 2.87 bits per heavy atom. The van der Waals surface area contributed by atoms with Crippen LogP contribution in [0.4, 0.5) is 0 Å². The number of nitrogens with zero attached hydrogens (tertiary/aromatic N) is 3. The van der Waals surface area contributed by atoms with Crippen LogP contribution in [-0.2, 0) is 29.0 Å². The molecule has 0 bridgehead atoms. The van der Waals surface area contributed by atoms with Gasteiger partial charge in [0.15, 0.2) is 0 Å². The molecule has 2 heterocycles. The lowest BCUT2D eigenvalue weighted by Crippen LogP contribution is -2.37. The highest BCUT2D eigenvalue weighted by molar-refractivity contribution is 5.76. The number of aromatic nitrogens is 2. The van der Waals surface area contributed by atoms with E-state index in [4.69, 9.17) is 4.74 Å². The van der Waals surface area contributed by atoms with Gasteiger partial charge in [0.1, 0.15) is 0 Å². The third kappa shape index (κ3) is 3.99. The number of carbonyl (C=O) groups is 1. The fourth-order valence-corrected chi connectivity index (χ4v) is 3.00. The first kappa shape index (κ1) is 15.7. The fourth-order valence-electron chi connectivity index (χ4n) is 3.00. The molecular weight excluding hydrogens is 290 g/mol. The highest BCUT2D eigenvalue weighted by atomic mass is 16.5. The molecule has 0 saturated heterocycles. The molecule has 3 rings (SSSR count). The molecule has 1 aromatic carbocycles. The lowest BCUT2D eigenvalue weighted by Gasteiger charge is -2.24. The van der Waals surface area contributed by atoms with E-state index in [1.807, 2.05) is 40.8 Å². The molecular formula is C18H23N3O2. The minimum absolute atomic E-state index is 0.00169. The average Bonchev–Trinajstić information content (AvgIpc) is 2.92. The number of carbonyl (C=O) groups excluding carboxylic acids is 1. The third-order valence-electron chi connectivity index (χ3n) is 4.18. The molecule has 1 unspecified atom stereocenters. The topological polar surface area (TPSA) is 47.4 Å². The number of rotatable bonds is 5. The number of aryl methyl sites for hydroxylation is 1. The Kier molecular flexibility index (Phi) is 5.08. The normalized spacial score (nSPS) is 17.6. The zero-order valence-electron chi connectivity index (χ0n) is 13.5. The lowest BCUT2D eigenvalue weighted by molar-refractivity contribution is -0.133. The molecule has 122 valence electrons. The van der Waals surface area contributed by atoms with Gasteiger partial charge in [0, 0.05) is 25.8 Å². The van der Waals surface area contributed by atoms with Gasteiger partial charge < -0.3 is 9.64 Å². The van der Waals surface area contributed by atoms with Crippen molar-refractivity contribution in [2.75, 3.05) is 13.2 Å². The van der Waals surface area contributed by atoms with Crippen molar-refractivity contribution in [1.82, 2.24) is 14.7 Å². The van der Waals surface area contributed by atoms with Crippen LogP contribution >= 0.6 is 0 Å². The van der Waals surface area contributed by atoms with Crippen LogP contribution in [0.1, 0.15) is 24.6 Å². The van der Waals surface area contributed by atoms with Crippen LogP contribution in [0, 0.1) is 0 Å². The molecule has 0 aliphatic carbocycles. The summed E-state index contributed by atoms with van der Waals surface area (Å²) in [5.41, 5.74) is 2.27. The Hall–Kier alpha value is -2.14. The molecule has 2 aromatic rings. The molecule has 23 heavy (non-hydrogen) atoms. The molecule has 0 spiro atoms. The number of hydrogen-bond acceptors (Lipinski definition) is 3. The Labute approximate surface area is 136 Å². The largest absolute Gasteiger partial charge is 0.375 e. The Balaban J connectivity index is 1.66. The molecule has 0 fully saturated rings. The zero-order chi connectivity index (χ0) is 16.1. The molecule has 1 atom stereocenters. The summed E-state index contributed by atoms with van der Waals surface area (Å²) < 4.78 is 7.73. The smallest absolute Gasteiger partial charge is 0.223 e. The van der Waals surface area contributed by atoms with Gasteiger partial charge in [0.25, 0.3) is 0 Å². The first-order chi connectivity index (χ1) is 11.3. The van der Waals surface area contributed by atoms with Crippen molar-refractivity contribution < 1.29 is 9.53 Å². The van der Waals surface area contributed by atoms with Gasteiger partial charge in [-0.3, -0.25) is 9.48 Å². The predicted molar refractivity (Wildman–Crippen MR) is 87.8 cm³/mol. The van der Waals surface area contributed by atoms with Gasteiger partial charge >= 0.3 is 0 Å². The molecule has 1 aromatic heterocycles. The monoisotopic (exact) mass is 313 g/mol. The maximum absolute atomic E-state index is 12.6. The second-order valence-corrected chi connectivity index (χ2v) is 5.84. The van der Waals surface area contributed by atoms with Crippen molar-refractivity contribution >= 4 is 5.91 Å². The van der Waals surface area contributed by atoms with Crippen LogP contribution in [0.3, 0.4) is 0 Å². The summed E-state index contributed by atoms with van der Waals surface area (Å²) in [4.78, 5) is 14.6. The van der Waals surface area contributed by atoms with Crippen LogP contribution < -0.4 is 0 Å². The van der Waals surface area contributed by atoms with Crippen molar-refractivity contribution in [3.63, 3.8) is 0 Å². The zero-order valence-corrected chi connectivity index (χ0v) is 13.5. The summed E-state index contributed by atoms with van der Waals surface area (Å²) in [6.07, 6.45) is 3.09. The first-order valence-electron chi connectivity index (χ1n) is 8.20. The van der Waals surface area contributed by atoms with Gasteiger partial charge in [0.2, 0.25) is 5.91 Å². The Morgan fingerprint density at radius 1 is 1.26 bits per heavy atom. The van der Waals surface area contributed by atoms with E-state index in [1.165, 1.54) is 5.56 Å². The second kappa shape index (κ2) is 7.42. The third-order valence-corrected chi connectivity index (χ3v) is 4.18. The fraction of sp³-hybridized carbons (Fsp3) is 0.444. The van der Waals surface area contributed by atoms with E-state index < -0.39 is 0 Å². The summed E-state index contributed by atoms with van der Waals surface area (Å²) >= 11 is 0. The van der Waals surface area contributed by atoms with Gasteiger partial charge in [-0.1, -0.05) is 30.3 Å². The quantitative estimate of drug-likeness (QED) is 0.851. The van der Waals surface area contributed by atoms with E-state index in [9.17, 15) is 4.79 Å². The summed E-state index contributed by atoms with van der Waals surface area (Å²) in [5.74, 6) is 0.174. The number of benzene rings is 1. The standard InChI is InChI=1S/C18H23N3O2/c1-2-23-17-13-20(12-16-10-11-19-21(16)14-17)18(22)9-8-15-6-4-3-5-7-15/h3-7,10-11,17H,2,8-9,12-14H2,1H3. The number of ether oxygens (including phenoxy) is 1. The highest BCUT2D eigenvalue weighted by Gasteiger charge is 2.25. The number of amides is 1.